The van der Waals surface area contributed by atoms with Crippen molar-refractivity contribution < 1.29 is 4.79 Å². The molecule has 0 spiro atoms. The maximum atomic E-state index is 12.1. The maximum absolute atomic E-state index is 12.1. The van der Waals surface area contributed by atoms with Crippen molar-refractivity contribution in [1.29, 1.82) is 0 Å². The molecule has 0 aliphatic carbocycles. The molecule has 1 heterocycles. The van der Waals surface area contributed by atoms with Gasteiger partial charge in [-0.1, -0.05) is 23.4 Å². The molecule has 1 aromatic carbocycles. The van der Waals surface area contributed by atoms with Gasteiger partial charge in [0.05, 0.1) is 5.56 Å². The molecule has 0 atom stereocenters. The highest BCUT2D eigenvalue weighted by Gasteiger charge is 2.14. The average Bonchev–Trinajstić information content (AvgIpc) is 2.41. The third-order valence-electron chi connectivity index (χ3n) is 2.44. The fraction of sp³-hybridized carbons (Fsp3) is 0.143. The first-order valence-electron chi connectivity index (χ1n) is 5.68. The molecule has 2 rings (SSSR count). The number of hydrogen-bond acceptors (Lipinski definition) is 3. The van der Waals surface area contributed by atoms with E-state index in [0.29, 0.717) is 15.6 Å². The number of carbonyl (C=O) groups is 1. The highest BCUT2D eigenvalue weighted by molar-refractivity contribution is 7.99. The van der Waals surface area contributed by atoms with Crippen LogP contribution in [0.2, 0.25) is 5.02 Å². The van der Waals surface area contributed by atoms with Crippen molar-refractivity contribution in [1.82, 2.24) is 9.88 Å². The Balaban J connectivity index is 2.30. The first-order valence-corrected chi connectivity index (χ1v) is 6.87. The van der Waals surface area contributed by atoms with Gasteiger partial charge in [0.2, 0.25) is 0 Å². The summed E-state index contributed by atoms with van der Waals surface area (Å²) >= 11 is 7.30. The van der Waals surface area contributed by atoms with E-state index in [2.05, 4.69) is 4.98 Å². The van der Waals surface area contributed by atoms with Crippen LogP contribution in [-0.4, -0.2) is 29.9 Å². The zero-order chi connectivity index (χ0) is 13.8. The predicted octanol–water partition coefficient (Wildman–Crippen LogP) is 3.59. The minimum Gasteiger partial charge on any atom is -0.345 e. The van der Waals surface area contributed by atoms with E-state index in [1.807, 2.05) is 24.3 Å². The van der Waals surface area contributed by atoms with Crippen LogP contribution in [0.4, 0.5) is 0 Å². The number of carbonyl (C=O) groups excluding carboxylic acids is 1. The Kier molecular flexibility index (Phi) is 4.45. The lowest BCUT2D eigenvalue weighted by Crippen LogP contribution is -2.22. The summed E-state index contributed by atoms with van der Waals surface area (Å²) in [5, 5.41) is 1.39. The molecule has 0 aliphatic rings. The van der Waals surface area contributed by atoms with Gasteiger partial charge in [0.15, 0.2) is 0 Å². The van der Waals surface area contributed by atoms with E-state index in [1.165, 1.54) is 11.8 Å². The van der Waals surface area contributed by atoms with Crippen LogP contribution in [0.5, 0.6) is 0 Å². The van der Waals surface area contributed by atoms with E-state index < -0.39 is 0 Å². The maximum Gasteiger partial charge on any atom is 0.256 e. The zero-order valence-electron chi connectivity index (χ0n) is 10.6. The largest absolute Gasteiger partial charge is 0.345 e. The van der Waals surface area contributed by atoms with Crippen molar-refractivity contribution >= 4 is 29.3 Å². The molecular weight excluding hydrogens is 280 g/mol. The average molecular weight is 293 g/mol. The van der Waals surface area contributed by atoms with Gasteiger partial charge >= 0.3 is 0 Å². The Morgan fingerprint density at radius 3 is 2.53 bits per heavy atom. The van der Waals surface area contributed by atoms with Crippen LogP contribution < -0.4 is 0 Å². The lowest BCUT2D eigenvalue weighted by atomic mass is 10.2. The highest BCUT2D eigenvalue weighted by Crippen LogP contribution is 2.29. The van der Waals surface area contributed by atoms with E-state index in [4.69, 9.17) is 11.6 Å². The first kappa shape index (κ1) is 13.9. The number of rotatable bonds is 3. The quantitative estimate of drug-likeness (QED) is 0.867. The highest BCUT2D eigenvalue weighted by atomic mass is 35.5. The molecule has 3 nitrogen and oxygen atoms in total. The second kappa shape index (κ2) is 6.08. The molecule has 19 heavy (non-hydrogen) atoms. The molecular formula is C14H13ClN2OS. The standard InChI is InChI=1S/C14H13ClN2OS/c1-17(2)14(18)12-4-3-9-16-13(12)19-11-7-5-10(15)6-8-11/h3-9H,1-2H3. The number of halogens is 1. The third kappa shape index (κ3) is 3.49. The molecule has 0 aliphatic heterocycles. The second-order valence-electron chi connectivity index (χ2n) is 4.11. The summed E-state index contributed by atoms with van der Waals surface area (Å²) in [5.74, 6) is -0.0513. The number of hydrogen-bond donors (Lipinski definition) is 0. The summed E-state index contributed by atoms with van der Waals surface area (Å²) in [6.07, 6.45) is 1.69. The fourth-order valence-corrected chi connectivity index (χ4v) is 2.49. The SMILES string of the molecule is CN(C)C(=O)c1cccnc1Sc1ccc(Cl)cc1. The lowest BCUT2D eigenvalue weighted by molar-refractivity contribution is 0.0823. The number of pyridine rings is 1. The molecule has 0 bridgehead atoms. The first-order chi connectivity index (χ1) is 9.08. The van der Waals surface area contributed by atoms with Crippen molar-refractivity contribution in [2.24, 2.45) is 0 Å². The normalized spacial score (nSPS) is 10.3. The molecule has 0 fully saturated rings. The molecule has 0 saturated heterocycles. The topological polar surface area (TPSA) is 33.2 Å². The molecule has 0 N–H and O–H groups in total. The van der Waals surface area contributed by atoms with Crippen LogP contribution in [0.1, 0.15) is 10.4 Å². The Labute approximate surface area is 121 Å². The van der Waals surface area contributed by atoms with E-state index in [9.17, 15) is 4.79 Å². The summed E-state index contributed by atoms with van der Waals surface area (Å²) in [5.41, 5.74) is 0.604. The monoisotopic (exact) mass is 292 g/mol. The van der Waals surface area contributed by atoms with E-state index in [1.54, 1.807) is 37.3 Å². The van der Waals surface area contributed by atoms with Gasteiger partial charge in [0, 0.05) is 30.2 Å². The molecule has 1 aromatic heterocycles. The summed E-state index contributed by atoms with van der Waals surface area (Å²) in [6.45, 7) is 0. The molecule has 0 saturated carbocycles. The third-order valence-corrected chi connectivity index (χ3v) is 3.71. The van der Waals surface area contributed by atoms with Gasteiger partial charge in [-0.05, 0) is 36.4 Å². The van der Waals surface area contributed by atoms with Crippen LogP contribution >= 0.6 is 23.4 Å². The molecule has 98 valence electrons. The minimum atomic E-state index is -0.0513. The zero-order valence-corrected chi connectivity index (χ0v) is 12.2. The number of benzene rings is 1. The van der Waals surface area contributed by atoms with E-state index in [-0.39, 0.29) is 5.91 Å². The van der Waals surface area contributed by atoms with Crippen molar-refractivity contribution in [2.75, 3.05) is 14.1 Å². The molecule has 0 unspecified atom stereocenters. The summed E-state index contributed by atoms with van der Waals surface area (Å²) in [6, 6.07) is 11.0. The molecule has 5 heteroatoms. The molecule has 0 radical (unpaired) electrons. The van der Waals surface area contributed by atoms with Gasteiger partial charge in [0.1, 0.15) is 5.03 Å². The van der Waals surface area contributed by atoms with Crippen molar-refractivity contribution in [2.45, 2.75) is 9.92 Å². The van der Waals surface area contributed by atoms with Gasteiger partial charge in [0.25, 0.3) is 5.91 Å². The summed E-state index contributed by atoms with van der Waals surface area (Å²) < 4.78 is 0. The summed E-state index contributed by atoms with van der Waals surface area (Å²) in [7, 11) is 3.46. The van der Waals surface area contributed by atoms with Gasteiger partial charge in [-0.25, -0.2) is 4.98 Å². The van der Waals surface area contributed by atoms with Crippen molar-refractivity contribution in [3.8, 4) is 0 Å². The van der Waals surface area contributed by atoms with Crippen LogP contribution in [0.3, 0.4) is 0 Å². The predicted molar refractivity (Wildman–Crippen MR) is 77.8 cm³/mol. The van der Waals surface area contributed by atoms with Gasteiger partial charge in [-0.15, -0.1) is 0 Å². The number of nitrogens with zero attached hydrogens (tertiary/aromatic N) is 2. The Morgan fingerprint density at radius 2 is 1.89 bits per heavy atom. The minimum absolute atomic E-state index is 0.0513. The Hall–Kier alpha value is -1.52. The van der Waals surface area contributed by atoms with Crippen LogP contribution in [0.25, 0.3) is 0 Å². The Morgan fingerprint density at radius 1 is 1.21 bits per heavy atom. The van der Waals surface area contributed by atoms with Crippen LogP contribution in [-0.2, 0) is 0 Å². The van der Waals surface area contributed by atoms with Crippen molar-refractivity contribution in [3.05, 3.63) is 53.2 Å². The van der Waals surface area contributed by atoms with Gasteiger partial charge < -0.3 is 4.90 Å². The van der Waals surface area contributed by atoms with Gasteiger partial charge in [-0.2, -0.15) is 0 Å². The molecule has 2 aromatic rings. The van der Waals surface area contributed by atoms with Crippen LogP contribution in [0, 0.1) is 0 Å². The molecule has 1 amide bonds. The van der Waals surface area contributed by atoms with Crippen LogP contribution in [0.15, 0.2) is 52.5 Å². The second-order valence-corrected chi connectivity index (χ2v) is 5.61. The fourth-order valence-electron chi connectivity index (χ4n) is 1.49. The summed E-state index contributed by atoms with van der Waals surface area (Å²) in [4.78, 5) is 18.9. The Bertz CT molecular complexity index is 584. The number of amides is 1. The lowest BCUT2D eigenvalue weighted by Gasteiger charge is -2.12. The van der Waals surface area contributed by atoms with E-state index >= 15 is 0 Å². The van der Waals surface area contributed by atoms with Crippen molar-refractivity contribution in [3.63, 3.8) is 0 Å². The van der Waals surface area contributed by atoms with Gasteiger partial charge in [-0.3, -0.25) is 4.79 Å². The smallest absolute Gasteiger partial charge is 0.256 e. The van der Waals surface area contributed by atoms with E-state index in [0.717, 1.165) is 4.90 Å². The number of aromatic nitrogens is 1.